The fourth-order valence-electron chi connectivity index (χ4n) is 17.2. The largest absolute Gasteiger partial charge is 0.310 e. The zero-order valence-corrected chi connectivity index (χ0v) is 59.4. The molecule has 19 rings (SSSR count). The number of fused-ring (bicyclic) bond motifs is 9. The van der Waals surface area contributed by atoms with Gasteiger partial charge in [-0.25, -0.2) is 0 Å². The fraction of sp³-hybridized carbons (Fsp3) is 0.122. The van der Waals surface area contributed by atoms with Gasteiger partial charge in [0.2, 0.25) is 0 Å². The topological polar surface area (TPSA) is 11.4 Å². The molecule has 17 aromatic rings. The molecule has 2 aliphatic rings. The average molecular weight is 1310 g/mol. The zero-order chi connectivity index (χ0) is 69.1. The maximum absolute atomic E-state index is 2.74. The first-order valence-electron chi connectivity index (χ1n) is 36.3. The van der Waals surface area contributed by atoms with Gasteiger partial charge in [-0.3, -0.25) is 0 Å². The maximum Gasteiger partial charge on any atom is 0.252 e. The zero-order valence-electron chi connectivity index (χ0n) is 59.4. The Kier molecular flexibility index (Phi) is 13.8. The van der Waals surface area contributed by atoms with E-state index in [9.17, 15) is 0 Å². The van der Waals surface area contributed by atoms with Crippen LogP contribution in [0.2, 0.25) is 0 Å². The number of hydrogen-bond donors (Lipinski definition) is 0. The van der Waals surface area contributed by atoms with Gasteiger partial charge < -0.3 is 14.4 Å². The van der Waals surface area contributed by atoms with Crippen LogP contribution in [0.25, 0.3) is 126 Å². The van der Waals surface area contributed by atoms with Crippen LogP contribution >= 0.6 is 0 Å². The van der Waals surface area contributed by atoms with Gasteiger partial charge in [0.15, 0.2) is 0 Å². The quantitative estimate of drug-likeness (QED) is 0.0853. The number of benzene rings is 16. The van der Waals surface area contributed by atoms with Gasteiger partial charge in [-0.1, -0.05) is 293 Å². The molecule has 102 heavy (non-hydrogen) atoms. The van der Waals surface area contributed by atoms with Gasteiger partial charge in [0, 0.05) is 61.5 Å². The molecule has 0 bridgehead atoms. The Balaban J connectivity index is 0.995. The molecule has 3 heterocycles. The van der Waals surface area contributed by atoms with Crippen molar-refractivity contribution in [1.29, 1.82) is 0 Å². The summed E-state index contributed by atoms with van der Waals surface area (Å²) in [6.45, 7) is 21.1. The van der Waals surface area contributed by atoms with Crippen LogP contribution in [-0.4, -0.2) is 11.3 Å². The van der Waals surface area contributed by atoms with E-state index in [-0.39, 0.29) is 23.0 Å². The second-order valence-corrected chi connectivity index (χ2v) is 31.6. The molecule has 0 spiro atoms. The molecule has 0 saturated carbocycles. The highest BCUT2D eigenvalue weighted by molar-refractivity contribution is 7.00. The van der Waals surface area contributed by atoms with Gasteiger partial charge >= 0.3 is 0 Å². The number of para-hydroxylation sites is 2. The van der Waals surface area contributed by atoms with E-state index in [1.807, 2.05) is 0 Å². The molecule has 488 valence electrons. The second kappa shape index (κ2) is 22.9. The monoisotopic (exact) mass is 1310 g/mol. The molecule has 0 amide bonds. The lowest BCUT2D eigenvalue weighted by molar-refractivity contribution is 0.590. The van der Waals surface area contributed by atoms with Crippen molar-refractivity contribution in [1.82, 2.24) is 4.57 Å². The lowest BCUT2D eigenvalue weighted by Crippen LogP contribution is -2.61. The molecule has 0 radical (unpaired) electrons. The highest BCUT2D eigenvalue weighted by Crippen LogP contribution is 2.56. The maximum atomic E-state index is 2.74. The summed E-state index contributed by atoms with van der Waals surface area (Å²) in [7, 11) is 0. The Bertz CT molecular complexity index is 6060. The standard InChI is InChI=1S/C98H78BN3/c1-96(2,3)69-54-78(61-29-14-10-15-30-61)94(79(55-69)62-31-16-11-17-32-62)101-87-50-47-66(68-51-67-39-28-43-76-75-42-26-37-65-38-27-44-77(91(65)75)82(52-68)92(67)76)53-84(87)99-83-49-48-72(100-85-45-24-22-40-73(85)74-41-23-25-46-86(74)100)60-88(83)102(90-59-71(98(7,8)9)58-89(101)93(90)99)95-80(63-33-18-12-19-34-63)56-70(97(4,5)6)57-81(95)64-35-20-13-21-36-64/h10-60H,1-9H3. The van der Waals surface area contributed by atoms with Gasteiger partial charge in [0.05, 0.1) is 22.4 Å². The van der Waals surface area contributed by atoms with Crippen LogP contribution in [0.15, 0.2) is 309 Å². The summed E-state index contributed by atoms with van der Waals surface area (Å²) in [5, 5.41) is 12.8. The predicted molar refractivity (Wildman–Crippen MR) is 439 cm³/mol. The summed E-state index contributed by atoms with van der Waals surface area (Å²) in [4.78, 5) is 5.47. The molecular formula is C98H78BN3. The van der Waals surface area contributed by atoms with Gasteiger partial charge in [0.1, 0.15) is 0 Å². The van der Waals surface area contributed by atoms with Gasteiger partial charge in [0.25, 0.3) is 6.71 Å². The fourth-order valence-corrected chi connectivity index (χ4v) is 17.2. The van der Waals surface area contributed by atoms with Crippen molar-refractivity contribution < 1.29 is 0 Å². The normalized spacial score (nSPS) is 13.1. The van der Waals surface area contributed by atoms with E-state index in [1.165, 1.54) is 148 Å². The SMILES string of the molecule is CC(C)(C)c1cc(-c2ccccc2)c(N2c3ccc(-c4cc5cccc6c7cccc8cccc(c(c4)c56)c87)cc3B3c4ccc(-n5c6ccccc6c6ccccc65)cc4N(c4c(-c5ccccc5)cc(C(C)(C)C)cc4-c4ccccc4)c4cc(C(C)(C)C)cc2c43)c(-c2ccccc2)c1. The highest BCUT2D eigenvalue weighted by Gasteiger charge is 2.47. The number of nitrogens with zero attached hydrogens (tertiary/aromatic N) is 3. The number of hydrogen-bond acceptors (Lipinski definition) is 2. The summed E-state index contributed by atoms with van der Waals surface area (Å²) in [6, 6.07) is 119. The van der Waals surface area contributed by atoms with E-state index in [4.69, 9.17) is 0 Å². The van der Waals surface area contributed by atoms with Crippen LogP contribution in [0.1, 0.15) is 79.0 Å². The molecule has 0 atom stereocenters. The Morgan fingerprint density at radius 1 is 0.255 bits per heavy atom. The third kappa shape index (κ3) is 9.63. The molecule has 3 nitrogen and oxygen atoms in total. The molecule has 0 unspecified atom stereocenters. The molecule has 16 aromatic carbocycles. The van der Waals surface area contributed by atoms with Crippen LogP contribution < -0.4 is 26.2 Å². The van der Waals surface area contributed by atoms with E-state index in [0.29, 0.717) is 0 Å². The first-order valence-corrected chi connectivity index (χ1v) is 36.3. The Hall–Kier alpha value is -11.7. The first kappa shape index (κ1) is 61.4. The molecule has 1 aromatic heterocycles. The van der Waals surface area contributed by atoms with E-state index >= 15 is 0 Å². The Morgan fingerprint density at radius 3 is 1.13 bits per heavy atom. The van der Waals surface area contributed by atoms with E-state index in [0.717, 1.165) is 45.3 Å². The number of rotatable bonds is 8. The molecule has 0 aliphatic carbocycles. The second-order valence-electron chi connectivity index (χ2n) is 31.6. The van der Waals surface area contributed by atoms with E-state index in [2.05, 4.69) is 386 Å². The highest BCUT2D eigenvalue weighted by atomic mass is 15.2. The smallest absolute Gasteiger partial charge is 0.252 e. The van der Waals surface area contributed by atoms with Crippen LogP contribution in [0, 0.1) is 0 Å². The average Bonchev–Trinajstić information content (AvgIpc) is 0.730. The lowest BCUT2D eigenvalue weighted by atomic mass is 9.33. The van der Waals surface area contributed by atoms with Gasteiger partial charge in [-0.05, 0) is 205 Å². The minimum atomic E-state index is -0.310. The summed E-state index contributed by atoms with van der Waals surface area (Å²) >= 11 is 0. The molecular weight excluding hydrogens is 1230 g/mol. The predicted octanol–water partition coefficient (Wildman–Crippen LogP) is 25.1. The summed E-state index contributed by atoms with van der Waals surface area (Å²) < 4.78 is 2.51. The van der Waals surface area contributed by atoms with Crippen LogP contribution in [0.4, 0.5) is 34.1 Å². The minimum Gasteiger partial charge on any atom is -0.310 e. The molecule has 0 fully saturated rings. The van der Waals surface area contributed by atoms with Crippen LogP contribution in [0.5, 0.6) is 0 Å². The van der Waals surface area contributed by atoms with E-state index in [1.54, 1.807) is 0 Å². The van der Waals surface area contributed by atoms with E-state index < -0.39 is 0 Å². The summed E-state index contributed by atoms with van der Waals surface area (Å²) in [5.41, 5.74) is 29.0. The van der Waals surface area contributed by atoms with Crippen molar-refractivity contribution >= 4 is 122 Å². The third-order valence-corrected chi connectivity index (χ3v) is 22.3. The molecule has 4 heteroatoms. The van der Waals surface area contributed by atoms with Gasteiger partial charge in [-0.15, -0.1) is 0 Å². The van der Waals surface area contributed by atoms with Crippen LogP contribution in [0.3, 0.4) is 0 Å². The van der Waals surface area contributed by atoms with Crippen molar-refractivity contribution in [3.8, 4) is 61.3 Å². The first-order chi connectivity index (χ1) is 49.5. The van der Waals surface area contributed by atoms with Crippen LogP contribution in [-0.2, 0) is 16.2 Å². The molecule has 0 N–H and O–H groups in total. The lowest BCUT2D eigenvalue weighted by Gasteiger charge is -2.47. The minimum absolute atomic E-state index is 0.179. The summed E-state index contributed by atoms with van der Waals surface area (Å²) in [6.07, 6.45) is 0. The molecule has 2 aliphatic heterocycles. The summed E-state index contributed by atoms with van der Waals surface area (Å²) in [5.74, 6) is 0. The third-order valence-electron chi connectivity index (χ3n) is 22.3. The number of anilines is 6. The van der Waals surface area contributed by atoms with Crippen molar-refractivity contribution in [3.05, 3.63) is 326 Å². The number of aromatic nitrogens is 1. The Morgan fingerprint density at radius 2 is 0.657 bits per heavy atom. The molecule has 0 saturated heterocycles. The van der Waals surface area contributed by atoms with Crippen molar-refractivity contribution in [2.75, 3.05) is 9.80 Å². The van der Waals surface area contributed by atoms with Crippen molar-refractivity contribution in [2.24, 2.45) is 0 Å². The van der Waals surface area contributed by atoms with Crippen molar-refractivity contribution in [3.63, 3.8) is 0 Å². The van der Waals surface area contributed by atoms with Gasteiger partial charge in [-0.2, -0.15) is 0 Å². The Labute approximate surface area is 598 Å². The van der Waals surface area contributed by atoms with Crippen molar-refractivity contribution in [2.45, 2.75) is 78.6 Å².